The molecule has 0 saturated carbocycles. The molecule has 0 spiro atoms. The molecule has 0 radical (unpaired) electrons. The normalized spacial score (nSPS) is 21.7. The van der Waals surface area contributed by atoms with E-state index in [4.69, 9.17) is 4.74 Å². The first-order valence-electron chi connectivity index (χ1n) is 4.74. The maximum absolute atomic E-state index is 5.60. The van der Waals surface area contributed by atoms with Gasteiger partial charge in [0.25, 0.3) is 0 Å². The summed E-state index contributed by atoms with van der Waals surface area (Å²) in [4.78, 5) is 0. The first-order valence-corrected chi connectivity index (χ1v) is 4.74. The number of benzene rings is 1. The van der Waals surface area contributed by atoms with Gasteiger partial charge in [-0.2, -0.15) is 0 Å². The first-order chi connectivity index (χ1) is 6.40. The summed E-state index contributed by atoms with van der Waals surface area (Å²) < 4.78 is 5.60. The molecule has 13 heavy (non-hydrogen) atoms. The van der Waals surface area contributed by atoms with E-state index in [2.05, 4.69) is 30.8 Å². The lowest BCUT2D eigenvalue weighted by atomic mass is 10.0. The molecule has 1 heteroatoms. The molecular formula is C12H14O. The van der Waals surface area contributed by atoms with Crippen molar-refractivity contribution in [2.24, 2.45) is 0 Å². The largest absolute Gasteiger partial charge is 0.374 e. The fourth-order valence-electron chi connectivity index (χ4n) is 1.73. The zero-order valence-electron chi connectivity index (χ0n) is 7.70. The van der Waals surface area contributed by atoms with Crippen LogP contribution >= 0.6 is 0 Å². The molecule has 0 aliphatic carbocycles. The number of hydrogen-bond acceptors (Lipinski definition) is 1. The highest BCUT2D eigenvalue weighted by atomic mass is 16.5. The summed E-state index contributed by atoms with van der Waals surface area (Å²) in [6.45, 7) is 4.66. The monoisotopic (exact) mass is 174 g/mol. The Morgan fingerprint density at radius 3 is 3.08 bits per heavy atom. The van der Waals surface area contributed by atoms with E-state index < -0.39 is 0 Å². The molecule has 1 unspecified atom stereocenters. The van der Waals surface area contributed by atoms with Crippen LogP contribution in [0.1, 0.15) is 30.1 Å². The van der Waals surface area contributed by atoms with Crippen molar-refractivity contribution in [2.45, 2.75) is 18.9 Å². The van der Waals surface area contributed by atoms with Gasteiger partial charge in [0.05, 0.1) is 6.10 Å². The Balaban J connectivity index is 2.23. The molecule has 1 aliphatic heterocycles. The Kier molecular flexibility index (Phi) is 2.46. The molecular weight excluding hydrogens is 160 g/mol. The van der Waals surface area contributed by atoms with Crippen LogP contribution in [0.2, 0.25) is 0 Å². The van der Waals surface area contributed by atoms with Gasteiger partial charge in [-0.3, -0.25) is 0 Å². The van der Waals surface area contributed by atoms with Gasteiger partial charge in [-0.15, -0.1) is 0 Å². The Morgan fingerprint density at radius 1 is 1.46 bits per heavy atom. The zero-order valence-corrected chi connectivity index (χ0v) is 7.70. The molecule has 68 valence electrons. The summed E-state index contributed by atoms with van der Waals surface area (Å²) >= 11 is 0. The summed E-state index contributed by atoms with van der Waals surface area (Å²) in [5.41, 5.74) is 2.46. The minimum absolute atomic E-state index is 0.319. The highest BCUT2D eigenvalue weighted by Gasteiger charge is 2.17. The van der Waals surface area contributed by atoms with Crippen molar-refractivity contribution in [2.75, 3.05) is 6.61 Å². The molecule has 1 heterocycles. The van der Waals surface area contributed by atoms with E-state index in [0.29, 0.717) is 6.10 Å². The third-order valence-corrected chi connectivity index (χ3v) is 2.45. The van der Waals surface area contributed by atoms with Gasteiger partial charge in [-0.1, -0.05) is 30.9 Å². The van der Waals surface area contributed by atoms with Crippen molar-refractivity contribution in [3.63, 3.8) is 0 Å². The highest BCUT2D eigenvalue weighted by molar-refractivity contribution is 5.48. The van der Waals surface area contributed by atoms with E-state index in [9.17, 15) is 0 Å². The van der Waals surface area contributed by atoms with E-state index in [0.717, 1.165) is 13.0 Å². The Morgan fingerprint density at radius 2 is 2.38 bits per heavy atom. The Bertz CT molecular complexity index is 298. The predicted molar refractivity (Wildman–Crippen MR) is 54.5 cm³/mol. The predicted octanol–water partition coefficient (Wildman–Crippen LogP) is 3.18. The van der Waals surface area contributed by atoms with Gasteiger partial charge in [-0.25, -0.2) is 0 Å². The summed E-state index contributed by atoms with van der Waals surface area (Å²) in [7, 11) is 0. The van der Waals surface area contributed by atoms with Crippen LogP contribution in [0, 0.1) is 0 Å². The summed E-state index contributed by atoms with van der Waals surface area (Å²) in [6.07, 6.45) is 4.53. The number of rotatable bonds is 2. The molecule has 0 aromatic heterocycles. The molecule has 1 fully saturated rings. The Hall–Kier alpha value is -1.08. The Labute approximate surface area is 79.0 Å². The fourth-order valence-corrected chi connectivity index (χ4v) is 1.73. The van der Waals surface area contributed by atoms with Gasteiger partial charge < -0.3 is 4.74 Å². The van der Waals surface area contributed by atoms with Crippen molar-refractivity contribution in [3.05, 3.63) is 42.0 Å². The molecule has 0 bridgehead atoms. The van der Waals surface area contributed by atoms with Gasteiger partial charge in [0.1, 0.15) is 0 Å². The smallest absolute Gasteiger partial charge is 0.0826 e. The quantitative estimate of drug-likeness (QED) is 0.669. The number of ether oxygens (including phenoxy) is 1. The van der Waals surface area contributed by atoms with Crippen LogP contribution in [-0.2, 0) is 4.74 Å². The fraction of sp³-hybridized carbons (Fsp3) is 0.333. The van der Waals surface area contributed by atoms with Crippen molar-refractivity contribution < 1.29 is 4.74 Å². The van der Waals surface area contributed by atoms with Crippen LogP contribution in [0.4, 0.5) is 0 Å². The minimum atomic E-state index is 0.319. The summed E-state index contributed by atoms with van der Waals surface area (Å²) in [6, 6.07) is 8.41. The SMILES string of the molecule is C=Cc1cccc(C2CCCO2)c1. The lowest BCUT2D eigenvalue weighted by Crippen LogP contribution is -1.95. The molecule has 1 atom stereocenters. The van der Waals surface area contributed by atoms with Crippen LogP contribution in [-0.4, -0.2) is 6.61 Å². The lowest BCUT2D eigenvalue weighted by molar-refractivity contribution is 0.112. The van der Waals surface area contributed by atoms with Crippen molar-refractivity contribution in [3.8, 4) is 0 Å². The molecule has 2 rings (SSSR count). The zero-order chi connectivity index (χ0) is 9.10. The molecule has 0 amide bonds. The van der Waals surface area contributed by atoms with Gasteiger partial charge in [-0.05, 0) is 30.0 Å². The van der Waals surface area contributed by atoms with Gasteiger partial charge in [0.15, 0.2) is 0 Å². The van der Waals surface area contributed by atoms with E-state index in [1.54, 1.807) is 0 Å². The van der Waals surface area contributed by atoms with Crippen LogP contribution in [0.3, 0.4) is 0 Å². The number of hydrogen-bond donors (Lipinski definition) is 0. The molecule has 0 N–H and O–H groups in total. The van der Waals surface area contributed by atoms with Crippen LogP contribution in [0.15, 0.2) is 30.8 Å². The van der Waals surface area contributed by atoms with E-state index in [-0.39, 0.29) is 0 Å². The maximum Gasteiger partial charge on any atom is 0.0826 e. The highest BCUT2D eigenvalue weighted by Crippen LogP contribution is 2.28. The average Bonchev–Trinajstić information content (AvgIpc) is 2.71. The van der Waals surface area contributed by atoms with Crippen LogP contribution in [0.5, 0.6) is 0 Å². The standard InChI is InChI=1S/C12H14O/c1-2-10-5-3-6-11(9-10)12-7-4-8-13-12/h2-3,5-6,9,12H,1,4,7-8H2. The third-order valence-electron chi connectivity index (χ3n) is 2.45. The molecule has 1 nitrogen and oxygen atoms in total. The topological polar surface area (TPSA) is 9.23 Å². The van der Waals surface area contributed by atoms with E-state index in [1.807, 2.05) is 6.08 Å². The molecule has 1 aromatic rings. The summed E-state index contributed by atoms with van der Waals surface area (Å²) in [5.74, 6) is 0. The first kappa shape index (κ1) is 8.52. The second-order valence-electron chi connectivity index (χ2n) is 3.38. The molecule has 1 aliphatic rings. The van der Waals surface area contributed by atoms with Crippen molar-refractivity contribution in [1.29, 1.82) is 0 Å². The second kappa shape index (κ2) is 3.75. The molecule has 1 aromatic carbocycles. The van der Waals surface area contributed by atoms with Crippen molar-refractivity contribution in [1.82, 2.24) is 0 Å². The third kappa shape index (κ3) is 1.81. The maximum atomic E-state index is 5.60. The van der Waals surface area contributed by atoms with Gasteiger partial charge in [0.2, 0.25) is 0 Å². The van der Waals surface area contributed by atoms with Crippen molar-refractivity contribution >= 4 is 6.08 Å². The van der Waals surface area contributed by atoms with Crippen LogP contribution in [0.25, 0.3) is 6.08 Å². The summed E-state index contributed by atoms with van der Waals surface area (Å²) in [5, 5.41) is 0. The van der Waals surface area contributed by atoms with Gasteiger partial charge >= 0.3 is 0 Å². The molecule has 1 saturated heterocycles. The van der Waals surface area contributed by atoms with E-state index in [1.165, 1.54) is 17.5 Å². The minimum Gasteiger partial charge on any atom is -0.374 e. The van der Waals surface area contributed by atoms with E-state index >= 15 is 0 Å². The average molecular weight is 174 g/mol. The lowest BCUT2D eigenvalue weighted by Gasteiger charge is -2.09. The van der Waals surface area contributed by atoms with Gasteiger partial charge in [0, 0.05) is 6.61 Å². The second-order valence-corrected chi connectivity index (χ2v) is 3.38. The van der Waals surface area contributed by atoms with Crippen LogP contribution < -0.4 is 0 Å².